The summed E-state index contributed by atoms with van der Waals surface area (Å²) in [4.78, 5) is 4.08. The molecule has 0 aromatic carbocycles. The van der Waals surface area contributed by atoms with Crippen LogP contribution in [0.25, 0.3) is 0 Å². The molecule has 0 aliphatic heterocycles. The lowest BCUT2D eigenvalue weighted by molar-refractivity contribution is 1.11. The number of pyridine rings is 1. The molecule has 1 heterocycles. The van der Waals surface area contributed by atoms with Gasteiger partial charge in [0.15, 0.2) is 0 Å². The second kappa shape index (κ2) is 3.60. The number of nitrogens with zero attached hydrogens (tertiary/aromatic N) is 1. The second-order valence-electron chi connectivity index (χ2n) is 1.64. The molecule has 0 unspecified atom stereocenters. The van der Waals surface area contributed by atoms with Crippen LogP contribution in [-0.4, -0.2) is 11.2 Å². The largest absolute Gasteiger partial charge is 0.247 e. The minimum absolute atomic E-state index is 0.657. The Bertz CT molecular complexity index is 241. The van der Waals surface area contributed by atoms with E-state index in [-0.39, 0.29) is 0 Å². The van der Waals surface area contributed by atoms with Crippen molar-refractivity contribution in [2.75, 3.05) is 6.26 Å². The van der Waals surface area contributed by atoms with Gasteiger partial charge in [-0.1, -0.05) is 11.6 Å². The van der Waals surface area contributed by atoms with Crippen LogP contribution in [0.5, 0.6) is 0 Å². The van der Waals surface area contributed by atoms with Gasteiger partial charge in [-0.3, -0.25) is 0 Å². The summed E-state index contributed by atoms with van der Waals surface area (Å²) in [5.41, 5.74) is 0. The molecule has 10 heavy (non-hydrogen) atoms. The highest BCUT2D eigenvalue weighted by Crippen LogP contribution is 2.25. The summed E-state index contributed by atoms with van der Waals surface area (Å²) in [5.74, 6) is 0. The number of rotatable bonds is 1. The van der Waals surface area contributed by atoms with E-state index < -0.39 is 0 Å². The zero-order valence-electron chi connectivity index (χ0n) is 5.27. The fraction of sp³-hybridized carbons (Fsp3) is 0.167. The van der Waals surface area contributed by atoms with E-state index in [9.17, 15) is 0 Å². The summed E-state index contributed by atoms with van der Waals surface area (Å²) in [5, 5.41) is 1.62. The van der Waals surface area contributed by atoms with E-state index >= 15 is 0 Å². The fourth-order valence-corrected chi connectivity index (χ4v) is 2.09. The molecule has 0 fully saturated rings. The van der Waals surface area contributed by atoms with Crippen LogP contribution in [0.2, 0.25) is 5.02 Å². The zero-order valence-corrected chi connectivity index (χ0v) is 8.42. The maximum absolute atomic E-state index is 5.67. The summed E-state index contributed by atoms with van der Waals surface area (Å²) in [6, 6.07) is 1.83. The van der Waals surface area contributed by atoms with Gasteiger partial charge in [0.2, 0.25) is 0 Å². The summed E-state index contributed by atoms with van der Waals surface area (Å²) in [7, 11) is 0. The van der Waals surface area contributed by atoms with Crippen molar-refractivity contribution in [1.29, 1.82) is 0 Å². The third kappa shape index (κ3) is 1.87. The Kier molecular flexibility index (Phi) is 3.01. The topological polar surface area (TPSA) is 12.9 Å². The number of halogens is 2. The molecule has 0 saturated carbocycles. The Morgan fingerprint density at radius 3 is 2.90 bits per heavy atom. The molecule has 1 aromatic heterocycles. The van der Waals surface area contributed by atoms with Gasteiger partial charge >= 0.3 is 0 Å². The lowest BCUT2D eigenvalue weighted by Crippen LogP contribution is -1.79. The van der Waals surface area contributed by atoms with Gasteiger partial charge in [0.1, 0.15) is 5.03 Å². The first-order valence-electron chi connectivity index (χ1n) is 2.59. The van der Waals surface area contributed by atoms with Crippen molar-refractivity contribution in [1.82, 2.24) is 4.98 Å². The summed E-state index contributed by atoms with van der Waals surface area (Å²) < 4.78 is 0.951. The van der Waals surface area contributed by atoms with E-state index in [1.807, 2.05) is 12.3 Å². The van der Waals surface area contributed by atoms with Gasteiger partial charge in [0.05, 0.1) is 9.50 Å². The van der Waals surface area contributed by atoms with Crippen LogP contribution in [-0.2, 0) is 0 Å². The Morgan fingerprint density at radius 2 is 2.40 bits per heavy atom. The van der Waals surface area contributed by atoms with Crippen molar-refractivity contribution in [2.45, 2.75) is 5.03 Å². The first-order valence-corrected chi connectivity index (χ1v) is 4.98. The predicted molar refractivity (Wildman–Crippen MR) is 48.7 cm³/mol. The monoisotopic (exact) mass is 237 g/mol. The summed E-state index contributed by atoms with van der Waals surface area (Å²) >= 11 is 10.6. The van der Waals surface area contributed by atoms with Gasteiger partial charge in [0, 0.05) is 6.20 Å². The van der Waals surface area contributed by atoms with Gasteiger partial charge in [-0.15, -0.1) is 11.8 Å². The van der Waals surface area contributed by atoms with Crippen LogP contribution in [0.3, 0.4) is 0 Å². The molecule has 0 N–H and O–H groups in total. The first kappa shape index (κ1) is 8.37. The third-order valence-electron chi connectivity index (χ3n) is 0.967. The van der Waals surface area contributed by atoms with E-state index in [1.165, 1.54) is 0 Å². The maximum Gasteiger partial charge on any atom is 0.110 e. The smallest absolute Gasteiger partial charge is 0.110 e. The minimum atomic E-state index is 0.657. The maximum atomic E-state index is 5.67. The second-order valence-corrected chi connectivity index (χ2v) is 3.73. The Hall–Kier alpha value is 0.270. The Morgan fingerprint density at radius 1 is 1.70 bits per heavy atom. The van der Waals surface area contributed by atoms with Gasteiger partial charge in [-0.05, 0) is 28.3 Å². The average Bonchev–Trinajstić information content (AvgIpc) is 1.88. The van der Waals surface area contributed by atoms with Crippen molar-refractivity contribution in [3.05, 3.63) is 21.8 Å². The summed E-state index contributed by atoms with van der Waals surface area (Å²) in [6.07, 6.45) is 3.61. The molecular formula is C6H5BrClNS. The lowest BCUT2D eigenvalue weighted by Gasteiger charge is -1.97. The van der Waals surface area contributed by atoms with Crippen molar-refractivity contribution in [3.63, 3.8) is 0 Å². The third-order valence-corrected chi connectivity index (χ3v) is 2.75. The van der Waals surface area contributed by atoms with Crippen LogP contribution in [0, 0.1) is 0 Å². The van der Waals surface area contributed by atoms with Crippen molar-refractivity contribution in [3.8, 4) is 0 Å². The molecule has 0 saturated heterocycles. The van der Waals surface area contributed by atoms with Crippen LogP contribution >= 0.6 is 39.3 Å². The number of hydrogen-bond donors (Lipinski definition) is 0. The van der Waals surface area contributed by atoms with E-state index in [2.05, 4.69) is 20.9 Å². The van der Waals surface area contributed by atoms with Crippen LogP contribution in [0.15, 0.2) is 21.8 Å². The molecule has 1 rings (SSSR count). The van der Waals surface area contributed by atoms with Gasteiger partial charge in [-0.2, -0.15) is 0 Å². The lowest BCUT2D eigenvalue weighted by atomic mass is 10.5. The van der Waals surface area contributed by atoms with Gasteiger partial charge in [0.25, 0.3) is 0 Å². The highest BCUT2D eigenvalue weighted by Gasteiger charge is 1.98. The van der Waals surface area contributed by atoms with Crippen LogP contribution in [0.1, 0.15) is 0 Å². The van der Waals surface area contributed by atoms with Crippen molar-refractivity contribution < 1.29 is 0 Å². The molecule has 0 bridgehead atoms. The van der Waals surface area contributed by atoms with Crippen molar-refractivity contribution >= 4 is 39.3 Å². The fourth-order valence-electron chi connectivity index (χ4n) is 0.552. The predicted octanol–water partition coefficient (Wildman–Crippen LogP) is 3.22. The molecule has 54 valence electrons. The highest BCUT2D eigenvalue weighted by atomic mass is 79.9. The molecule has 0 atom stereocenters. The average molecular weight is 239 g/mol. The number of thioether (sulfide) groups is 1. The van der Waals surface area contributed by atoms with Crippen LogP contribution in [0.4, 0.5) is 0 Å². The quantitative estimate of drug-likeness (QED) is 0.697. The number of aromatic nitrogens is 1. The number of hydrogen-bond acceptors (Lipinski definition) is 2. The molecule has 0 spiro atoms. The Labute approximate surface area is 77.3 Å². The van der Waals surface area contributed by atoms with E-state index in [4.69, 9.17) is 11.6 Å². The molecular weight excluding hydrogens is 233 g/mol. The van der Waals surface area contributed by atoms with E-state index in [0.717, 1.165) is 9.50 Å². The molecule has 4 heteroatoms. The highest BCUT2D eigenvalue weighted by molar-refractivity contribution is 9.10. The van der Waals surface area contributed by atoms with Crippen molar-refractivity contribution in [2.24, 2.45) is 0 Å². The molecule has 1 nitrogen and oxygen atoms in total. The van der Waals surface area contributed by atoms with Gasteiger partial charge in [-0.25, -0.2) is 4.98 Å². The zero-order chi connectivity index (χ0) is 7.56. The standard InChI is InChI=1S/C6H5BrClNS/c1-10-6-5(7)2-4(8)3-9-6/h2-3H,1H3. The Balaban J connectivity index is 3.07. The molecule has 0 aliphatic rings. The SMILES string of the molecule is CSc1ncc(Cl)cc1Br. The molecule has 1 aromatic rings. The molecule has 0 radical (unpaired) electrons. The normalized spacial score (nSPS) is 9.90. The van der Waals surface area contributed by atoms with E-state index in [1.54, 1.807) is 18.0 Å². The molecule has 0 aliphatic carbocycles. The van der Waals surface area contributed by atoms with Crippen LogP contribution < -0.4 is 0 Å². The van der Waals surface area contributed by atoms with Gasteiger partial charge < -0.3 is 0 Å². The summed E-state index contributed by atoms with van der Waals surface area (Å²) in [6.45, 7) is 0. The minimum Gasteiger partial charge on any atom is -0.247 e. The first-order chi connectivity index (χ1) is 4.74. The molecule has 0 amide bonds. The van der Waals surface area contributed by atoms with E-state index in [0.29, 0.717) is 5.02 Å².